The van der Waals surface area contributed by atoms with E-state index >= 15 is 0 Å². The number of nitrogens with one attached hydrogen (secondary N) is 1. The highest BCUT2D eigenvalue weighted by molar-refractivity contribution is 7.18. The predicted molar refractivity (Wildman–Crippen MR) is 93.9 cm³/mol. The summed E-state index contributed by atoms with van der Waals surface area (Å²) in [5.41, 5.74) is 0.895. The lowest BCUT2D eigenvalue weighted by atomic mass is 9.85. The van der Waals surface area contributed by atoms with Gasteiger partial charge in [0.05, 0.1) is 22.4 Å². The van der Waals surface area contributed by atoms with Gasteiger partial charge < -0.3 is 10.2 Å². The molecule has 0 saturated heterocycles. The number of anilines is 1. The van der Waals surface area contributed by atoms with Gasteiger partial charge in [-0.05, 0) is 50.2 Å². The fourth-order valence-electron chi connectivity index (χ4n) is 2.92. The minimum absolute atomic E-state index is 0.00780. The molecule has 0 spiro atoms. The fraction of sp³-hybridized carbons (Fsp3) is 0.611. The quantitative estimate of drug-likeness (QED) is 0.821. The molecule has 128 valence electrons. The van der Waals surface area contributed by atoms with Crippen molar-refractivity contribution in [1.82, 2.24) is 4.90 Å². The highest BCUT2D eigenvalue weighted by Gasteiger charge is 2.31. The molecule has 2 fully saturated rings. The van der Waals surface area contributed by atoms with Gasteiger partial charge in [0, 0.05) is 19.0 Å². The standard InChI is InChI=1S/C18H23N3O2S/c1-12-10-15(20-17(22)14-6-7-14)24-16(12)18(23)21(9-3-8-19)11-13-4-2-5-13/h10,13-14H,2-7,9,11H2,1H3,(H,20,22). The summed E-state index contributed by atoms with van der Waals surface area (Å²) in [4.78, 5) is 27.3. The van der Waals surface area contributed by atoms with Gasteiger partial charge in [0.2, 0.25) is 5.91 Å². The Morgan fingerprint density at radius 2 is 2.12 bits per heavy atom. The summed E-state index contributed by atoms with van der Waals surface area (Å²) in [5.74, 6) is 0.775. The maximum absolute atomic E-state index is 12.9. The third-order valence-corrected chi connectivity index (χ3v) is 5.93. The molecule has 1 N–H and O–H groups in total. The van der Waals surface area contributed by atoms with E-state index in [4.69, 9.17) is 5.26 Å². The van der Waals surface area contributed by atoms with Crippen LogP contribution in [0.15, 0.2) is 6.07 Å². The molecule has 6 heteroatoms. The number of carbonyl (C=O) groups is 2. The van der Waals surface area contributed by atoms with Crippen molar-refractivity contribution in [2.45, 2.75) is 45.4 Å². The highest BCUT2D eigenvalue weighted by atomic mass is 32.1. The summed E-state index contributed by atoms with van der Waals surface area (Å²) < 4.78 is 0. The first kappa shape index (κ1) is 17.0. The van der Waals surface area contributed by atoms with Gasteiger partial charge in [-0.15, -0.1) is 11.3 Å². The molecule has 2 amide bonds. The number of nitrogens with zero attached hydrogens (tertiary/aromatic N) is 2. The minimum Gasteiger partial charge on any atom is -0.337 e. The van der Waals surface area contributed by atoms with E-state index in [0.29, 0.717) is 23.8 Å². The SMILES string of the molecule is Cc1cc(NC(=O)C2CC2)sc1C(=O)N(CCC#N)CC1CCC1. The topological polar surface area (TPSA) is 73.2 Å². The molecule has 0 atom stereocenters. The molecule has 2 aliphatic carbocycles. The van der Waals surface area contributed by atoms with Crippen LogP contribution in [0.3, 0.4) is 0 Å². The van der Waals surface area contributed by atoms with Crippen molar-refractivity contribution in [3.05, 3.63) is 16.5 Å². The fourth-order valence-corrected chi connectivity index (χ4v) is 3.96. The van der Waals surface area contributed by atoms with E-state index in [1.807, 2.05) is 17.9 Å². The largest absolute Gasteiger partial charge is 0.337 e. The number of hydrogen-bond acceptors (Lipinski definition) is 4. The second kappa shape index (κ2) is 7.35. The zero-order valence-corrected chi connectivity index (χ0v) is 14.8. The molecule has 24 heavy (non-hydrogen) atoms. The Morgan fingerprint density at radius 3 is 2.71 bits per heavy atom. The Kier molecular flexibility index (Phi) is 5.20. The minimum atomic E-state index is -0.00780. The molecule has 0 aliphatic heterocycles. The van der Waals surface area contributed by atoms with E-state index in [-0.39, 0.29) is 17.7 Å². The lowest BCUT2D eigenvalue weighted by molar-refractivity contribution is -0.117. The second-order valence-corrected chi connectivity index (χ2v) is 7.89. The summed E-state index contributed by atoms with van der Waals surface area (Å²) in [6.07, 6.45) is 5.86. The van der Waals surface area contributed by atoms with E-state index in [9.17, 15) is 9.59 Å². The van der Waals surface area contributed by atoms with Crippen LogP contribution in [0.4, 0.5) is 5.00 Å². The Morgan fingerprint density at radius 1 is 1.38 bits per heavy atom. The van der Waals surface area contributed by atoms with E-state index in [1.165, 1.54) is 30.6 Å². The van der Waals surface area contributed by atoms with Crippen LogP contribution in [0.5, 0.6) is 0 Å². The first-order chi connectivity index (χ1) is 11.6. The number of aryl methyl sites for hydroxylation is 1. The maximum atomic E-state index is 12.9. The highest BCUT2D eigenvalue weighted by Crippen LogP contribution is 2.34. The zero-order valence-electron chi connectivity index (χ0n) is 14.0. The molecule has 1 heterocycles. The van der Waals surface area contributed by atoms with Crippen LogP contribution in [-0.4, -0.2) is 29.8 Å². The summed E-state index contributed by atoms with van der Waals surface area (Å²) in [6.45, 7) is 3.12. The monoisotopic (exact) mass is 345 g/mol. The van der Waals surface area contributed by atoms with Crippen LogP contribution < -0.4 is 5.32 Å². The number of carbonyl (C=O) groups excluding carboxylic acids is 2. The van der Waals surface area contributed by atoms with E-state index in [0.717, 1.165) is 30.0 Å². The third-order valence-electron chi connectivity index (χ3n) is 4.79. The van der Waals surface area contributed by atoms with Crippen molar-refractivity contribution < 1.29 is 9.59 Å². The molecule has 0 aromatic carbocycles. The molecule has 2 saturated carbocycles. The van der Waals surface area contributed by atoms with E-state index in [1.54, 1.807) is 0 Å². The van der Waals surface area contributed by atoms with Crippen LogP contribution in [0.1, 0.15) is 53.8 Å². The van der Waals surface area contributed by atoms with Crippen LogP contribution in [-0.2, 0) is 4.79 Å². The number of nitriles is 1. The van der Waals surface area contributed by atoms with Crippen molar-refractivity contribution in [3.63, 3.8) is 0 Å². The first-order valence-electron chi connectivity index (χ1n) is 8.66. The third kappa shape index (κ3) is 3.96. The maximum Gasteiger partial charge on any atom is 0.264 e. The molecule has 5 nitrogen and oxygen atoms in total. The van der Waals surface area contributed by atoms with Crippen molar-refractivity contribution in [3.8, 4) is 6.07 Å². The van der Waals surface area contributed by atoms with E-state index < -0.39 is 0 Å². The second-order valence-electron chi connectivity index (χ2n) is 6.84. The molecular formula is C18H23N3O2S. The first-order valence-corrected chi connectivity index (χ1v) is 9.47. The van der Waals surface area contributed by atoms with Crippen LogP contribution >= 0.6 is 11.3 Å². The van der Waals surface area contributed by atoms with Gasteiger partial charge in [-0.3, -0.25) is 9.59 Å². The molecule has 2 aliphatic rings. The van der Waals surface area contributed by atoms with Crippen molar-refractivity contribution in [1.29, 1.82) is 5.26 Å². The molecule has 0 radical (unpaired) electrons. The zero-order chi connectivity index (χ0) is 17.1. The normalized spacial score (nSPS) is 17.0. The number of amides is 2. The Balaban J connectivity index is 1.69. The molecule has 0 unspecified atom stereocenters. The van der Waals surface area contributed by atoms with Crippen molar-refractivity contribution >= 4 is 28.2 Å². The van der Waals surface area contributed by atoms with Crippen molar-refractivity contribution in [2.24, 2.45) is 11.8 Å². The lowest BCUT2D eigenvalue weighted by Crippen LogP contribution is -2.38. The number of rotatable bonds is 7. The van der Waals surface area contributed by atoms with Gasteiger partial charge in [0.1, 0.15) is 0 Å². The average Bonchev–Trinajstić information content (AvgIpc) is 3.29. The van der Waals surface area contributed by atoms with Gasteiger partial charge in [-0.2, -0.15) is 5.26 Å². The van der Waals surface area contributed by atoms with Gasteiger partial charge >= 0.3 is 0 Å². The van der Waals surface area contributed by atoms with Gasteiger partial charge in [-0.1, -0.05) is 6.42 Å². The lowest BCUT2D eigenvalue weighted by Gasteiger charge is -2.32. The summed E-state index contributed by atoms with van der Waals surface area (Å²) >= 11 is 1.35. The van der Waals surface area contributed by atoms with Gasteiger partial charge in [-0.25, -0.2) is 0 Å². The smallest absolute Gasteiger partial charge is 0.264 e. The van der Waals surface area contributed by atoms with Crippen LogP contribution in [0.25, 0.3) is 0 Å². The number of hydrogen-bond donors (Lipinski definition) is 1. The summed E-state index contributed by atoms with van der Waals surface area (Å²) in [7, 11) is 0. The van der Waals surface area contributed by atoms with Gasteiger partial charge in [0.25, 0.3) is 5.91 Å². The van der Waals surface area contributed by atoms with E-state index in [2.05, 4.69) is 11.4 Å². The Hall–Kier alpha value is -1.87. The number of thiophene rings is 1. The molecule has 1 aromatic rings. The molecule has 0 bridgehead atoms. The summed E-state index contributed by atoms with van der Waals surface area (Å²) in [5, 5.41) is 12.5. The Labute approximate surface area is 146 Å². The average molecular weight is 345 g/mol. The molecule has 3 rings (SSSR count). The summed E-state index contributed by atoms with van der Waals surface area (Å²) in [6, 6.07) is 4.01. The molecule has 1 aromatic heterocycles. The van der Waals surface area contributed by atoms with Crippen LogP contribution in [0.2, 0.25) is 0 Å². The predicted octanol–water partition coefficient (Wildman–Crippen LogP) is 3.56. The van der Waals surface area contributed by atoms with Crippen LogP contribution in [0, 0.1) is 30.1 Å². The molecular weight excluding hydrogens is 322 g/mol. The van der Waals surface area contributed by atoms with Gasteiger partial charge in [0.15, 0.2) is 0 Å². The van der Waals surface area contributed by atoms with Crippen molar-refractivity contribution in [2.75, 3.05) is 18.4 Å². The Bertz CT molecular complexity index is 668.